The van der Waals surface area contributed by atoms with Crippen molar-refractivity contribution in [3.63, 3.8) is 0 Å². The standard InChI is InChI=1S/C19H25N5O2.2C2HF3O2/c1-13-16(4-3-6-20-13)22-19(25)17-8-15-5-7-24(12-18(15)26-17)11-14-9-21-23(2)10-14;2*3-2(4,5)1(6)7/h3-4,6,9-10,15,17-18H,5,7-8,11-12H2,1-2H3,(H,22,25);2*(H,6,7)/t15-,17+,18+;;/m0../s1. The van der Waals surface area contributed by atoms with Gasteiger partial charge in [-0.25, -0.2) is 9.59 Å². The van der Waals surface area contributed by atoms with Crippen LogP contribution in [-0.2, 0) is 32.7 Å². The van der Waals surface area contributed by atoms with Crippen LogP contribution in [0.25, 0.3) is 0 Å². The second-order valence-corrected chi connectivity index (χ2v) is 8.94. The fourth-order valence-corrected chi connectivity index (χ4v) is 3.95. The number of piperidine rings is 1. The first kappa shape index (κ1) is 32.5. The summed E-state index contributed by atoms with van der Waals surface area (Å²) in [6.45, 7) is 4.68. The number of pyridine rings is 1. The molecule has 2 aliphatic rings. The number of amides is 1. The molecule has 2 aromatic heterocycles. The summed E-state index contributed by atoms with van der Waals surface area (Å²) in [7, 11) is 1.93. The molecule has 2 aliphatic heterocycles. The Morgan fingerprint density at radius 1 is 1.12 bits per heavy atom. The monoisotopic (exact) mass is 583 g/mol. The number of likely N-dealkylation sites (tertiary alicyclic amines) is 1. The van der Waals surface area contributed by atoms with Crippen molar-refractivity contribution in [1.29, 1.82) is 0 Å². The molecular formula is C23H27F6N5O6. The normalized spacial score (nSPS) is 20.8. The summed E-state index contributed by atoms with van der Waals surface area (Å²) in [4.78, 5) is 37.0. The molecule has 0 aliphatic carbocycles. The molecule has 0 saturated carbocycles. The lowest BCUT2D eigenvalue weighted by Gasteiger charge is -2.33. The van der Waals surface area contributed by atoms with E-state index in [0.29, 0.717) is 5.92 Å². The average Bonchev–Trinajstić information content (AvgIpc) is 3.45. The molecule has 222 valence electrons. The van der Waals surface area contributed by atoms with E-state index in [4.69, 9.17) is 24.5 Å². The zero-order chi connectivity index (χ0) is 30.3. The predicted octanol–water partition coefficient (Wildman–Crippen LogP) is 3.01. The largest absolute Gasteiger partial charge is 0.490 e. The van der Waals surface area contributed by atoms with E-state index in [0.717, 1.165) is 43.9 Å². The van der Waals surface area contributed by atoms with Crippen molar-refractivity contribution in [1.82, 2.24) is 19.7 Å². The Labute approximate surface area is 223 Å². The van der Waals surface area contributed by atoms with Crippen LogP contribution in [0.3, 0.4) is 0 Å². The summed E-state index contributed by atoms with van der Waals surface area (Å²) in [6, 6.07) is 3.70. The Morgan fingerprint density at radius 2 is 1.73 bits per heavy atom. The molecule has 2 fully saturated rings. The molecule has 0 spiro atoms. The topological polar surface area (TPSA) is 147 Å². The predicted molar refractivity (Wildman–Crippen MR) is 125 cm³/mol. The fraction of sp³-hybridized carbons (Fsp3) is 0.522. The van der Waals surface area contributed by atoms with Gasteiger partial charge in [0.15, 0.2) is 0 Å². The third-order valence-electron chi connectivity index (χ3n) is 5.84. The van der Waals surface area contributed by atoms with Gasteiger partial charge in [-0.15, -0.1) is 0 Å². The van der Waals surface area contributed by atoms with Crippen molar-refractivity contribution in [2.75, 3.05) is 18.4 Å². The summed E-state index contributed by atoms with van der Waals surface area (Å²) in [5.74, 6) is -5.11. The molecular weight excluding hydrogens is 556 g/mol. The minimum atomic E-state index is -5.08. The lowest BCUT2D eigenvalue weighted by atomic mass is 9.91. The summed E-state index contributed by atoms with van der Waals surface area (Å²) in [5.41, 5.74) is 2.79. The maximum Gasteiger partial charge on any atom is 0.490 e. The number of aliphatic carboxylic acids is 2. The average molecular weight is 583 g/mol. The van der Waals surface area contributed by atoms with E-state index in [1.54, 1.807) is 6.20 Å². The second kappa shape index (κ2) is 13.6. The third-order valence-corrected chi connectivity index (χ3v) is 5.84. The number of nitrogens with one attached hydrogen (secondary N) is 1. The molecule has 3 N–H and O–H groups in total. The van der Waals surface area contributed by atoms with Crippen molar-refractivity contribution in [3.05, 3.63) is 42.0 Å². The summed E-state index contributed by atoms with van der Waals surface area (Å²) in [5, 5.41) is 21.4. The van der Waals surface area contributed by atoms with Gasteiger partial charge in [-0.05, 0) is 44.4 Å². The van der Waals surface area contributed by atoms with Gasteiger partial charge in [-0.2, -0.15) is 31.4 Å². The van der Waals surface area contributed by atoms with Gasteiger partial charge < -0.3 is 20.3 Å². The Hall–Kier alpha value is -3.73. The number of ether oxygens (including phenoxy) is 1. The molecule has 2 saturated heterocycles. The van der Waals surface area contributed by atoms with Crippen LogP contribution in [0.4, 0.5) is 32.0 Å². The van der Waals surface area contributed by atoms with E-state index in [9.17, 15) is 31.1 Å². The van der Waals surface area contributed by atoms with E-state index in [2.05, 4.69) is 20.3 Å². The van der Waals surface area contributed by atoms with Crippen molar-refractivity contribution >= 4 is 23.5 Å². The quantitative estimate of drug-likeness (QED) is 0.462. The molecule has 4 rings (SSSR count). The Bertz CT molecular complexity index is 1150. The molecule has 17 heteroatoms. The SMILES string of the molecule is Cc1ncccc1NC(=O)[C@H]1C[C@@H]2CCN(Cc3cnn(C)c3)C[C@H]2O1.O=C(O)C(F)(F)F.O=C(O)C(F)(F)F. The number of carbonyl (C=O) groups excluding carboxylic acids is 1. The number of halogens is 6. The molecule has 40 heavy (non-hydrogen) atoms. The van der Waals surface area contributed by atoms with Crippen molar-refractivity contribution in [2.24, 2.45) is 13.0 Å². The molecule has 3 atom stereocenters. The van der Waals surface area contributed by atoms with E-state index in [-0.39, 0.29) is 18.1 Å². The van der Waals surface area contributed by atoms with Crippen molar-refractivity contribution < 1.29 is 55.7 Å². The number of anilines is 1. The van der Waals surface area contributed by atoms with Gasteiger partial charge in [-0.1, -0.05) is 0 Å². The smallest absolute Gasteiger partial charge is 0.475 e. The van der Waals surface area contributed by atoms with Gasteiger partial charge >= 0.3 is 24.3 Å². The van der Waals surface area contributed by atoms with Crippen LogP contribution in [0, 0.1) is 12.8 Å². The number of hydrogen-bond donors (Lipinski definition) is 3. The number of hydrogen-bond acceptors (Lipinski definition) is 7. The van der Waals surface area contributed by atoms with Crippen molar-refractivity contribution in [3.8, 4) is 0 Å². The molecule has 2 aromatic rings. The number of carboxylic acids is 2. The number of aryl methyl sites for hydroxylation is 2. The zero-order valence-corrected chi connectivity index (χ0v) is 21.2. The Morgan fingerprint density at radius 3 is 2.23 bits per heavy atom. The van der Waals surface area contributed by atoms with Crippen LogP contribution in [0.5, 0.6) is 0 Å². The van der Waals surface area contributed by atoms with Crippen LogP contribution in [0.1, 0.15) is 24.1 Å². The molecule has 0 bridgehead atoms. The van der Waals surface area contributed by atoms with Crippen LogP contribution in [0.2, 0.25) is 0 Å². The van der Waals surface area contributed by atoms with Gasteiger partial charge in [-0.3, -0.25) is 19.4 Å². The van der Waals surface area contributed by atoms with E-state index in [1.807, 2.05) is 43.2 Å². The first-order chi connectivity index (χ1) is 18.5. The van der Waals surface area contributed by atoms with Crippen LogP contribution in [-0.4, -0.2) is 85.4 Å². The first-order valence-electron chi connectivity index (χ1n) is 11.7. The van der Waals surface area contributed by atoms with E-state index >= 15 is 0 Å². The van der Waals surface area contributed by atoms with Gasteiger partial charge in [0.05, 0.1) is 23.7 Å². The highest BCUT2D eigenvalue weighted by Gasteiger charge is 2.42. The van der Waals surface area contributed by atoms with Gasteiger partial charge in [0.1, 0.15) is 6.10 Å². The summed E-state index contributed by atoms with van der Waals surface area (Å²) in [6.07, 6.45) is -2.85. The first-order valence-corrected chi connectivity index (χ1v) is 11.7. The van der Waals surface area contributed by atoms with Crippen LogP contribution < -0.4 is 5.32 Å². The summed E-state index contributed by atoms with van der Waals surface area (Å²) >= 11 is 0. The minimum absolute atomic E-state index is 0.0608. The maximum absolute atomic E-state index is 12.6. The number of alkyl halides is 6. The fourth-order valence-electron chi connectivity index (χ4n) is 3.95. The van der Waals surface area contributed by atoms with Gasteiger partial charge in [0.25, 0.3) is 5.91 Å². The number of fused-ring (bicyclic) bond motifs is 1. The maximum atomic E-state index is 12.6. The third kappa shape index (κ3) is 10.1. The molecule has 0 radical (unpaired) electrons. The molecule has 0 unspecified atom stereocenters. The molecule has 1 amide bonds. The van der Waals surface area contributed by atoms with Gasteiger partial charge in [0, 0.05) is 38.1 Å². The Kier molecular flexibility index (Phi) is 11.0. The number of carboxylic acid groups (broad SMARTS) is 2. The van der Waals surface area contributed by atoms with E-state index in [1.165, 1.54) is 5.56 Å². The van der Waals surface area contributed by atoms with Crippen molar-refractivity contribution in [2.45, 2.75) is 50.9 Å². The Balaban J connectivity index is 0.000000333. The van der Waals surface area contributed by atoms with Gasteiger partial charge in [0.2, 0.25) is 0 Å². The highest BCUT2D eigenvalue weighted by Crippen LogP contribution is 2.34. The zero-order valence-electron chi connectivity index (χ0n) is 21.2. The number of rotatable bonds is 4. The highest BCUT2D eigenvalue weighted by molar-refractivity contribution is 5.94. The van der Waals surface area contributed by atoms with Crippen LogP contribution >= 0.6 is 0 Å². The molecule has 0 aromatic carbocycles. The number of aromatic nitrogens is 3. The lowest BCUT2D eigenvalue weighted by molar-refractivity contribution is -0.193. The molecule has 11 nitrogen and oxygen atoms in total. The van der Waals surface area contributed by atoms with Crippen LogP contribution in [0.15, 0.2) is 30.7 Å². The number of nitrogens with zero attached hydrogens (tertiary/aromatic N) is 4. The lowest BCUT2D eigenvalue weighted by Crippen LogP contribution is -2.41. The molecule has 4 heterocycles. The summed E-state index contributed by atoms with van der Waals surface area (Å²) < 4.78 is 71.4. The van der Waals surface area contributed by atoms with E-state index < -0.39 is 24.3 Å². The number of carbonyl (C=O) groups is 3. The highest BCUT2D eigenvalue weighted by atomic mass is 19.4. The second-order valence-electron chi connectivity index (χ2n) is 8.94. The minimum Gasteiger partial charge on any atom is -0.475 e.